The van der Waals surface area contributed by atoms with E-state index in [0.717, 1.165) is 27.6 Å². The van der Waals surface area contributed by atoms with Crippen LogP contribution in [0.4, 0.5) is 17.5 Å². The van der Waals surface area contributed by atoms with Crippen molar-refractivity contribution in [1.82, 2.24) is 39.8 Å². The van der Waals surface area contributed by atoms with E-state index in [1.165, 1.54) is 4.68 Å². The Balaban J connectivity index is 1.38. The van der Waals surface area contributed by atoms with E-state index in [2.05, 4.69) is 35.8 Å². The van der Waals surface area contributed by atoms with Gasteiger partial charge in [0.25, 0.3) is 5.56 Å². The van der Waals surface area contributed by atoms with E-state index in [1.807, 2.05) is 25.1 Å². The molecule has 0 unspecified atom stereocenters. The van der Waals surface area contributed by atoms with Crippen LogP contribution in [0.5, 0.6) is 0 Å². The Bertz CT molecular complexity index is 1710. The number of carbonyl (C=O) groups is 1. The smallest absolute Gasteiger partial charge is 0.292 e. The topological polar surface area (TPSA) is 161 Å². The van der Waals surface area contributed by atoms with Crippen LogP contribution >= 0.6 is 0 Å². The highest BCUT2D eigenvalue weighted by Gasteiger charge is 2.17. The fraction of sp³-hybridized carbons (Fsp3) is 0.217. The van der Waals surface area contributed by atoms with Crippen molar-refractivity contribution < 1.29 is 4.79 Å². The van der Waals surface area contributed by atoms with Crippen molar-refractivity contribution in [2.24, 2.45) is 7.05 Å². The second kappa shape index (κ2) is 7.65. The third-order valence-electron chi connectivity index (χ3n) is 6.26. The standard InChI is InChI=1S/C23H22N10O2/c1-11-14(8-27-21-20(11)31-32(2)23(21)35)16-5-12-6-17(26-9-15(12)22(24)28-16)29-18-7-13-3-4-25-19(34)10-33(13)30-18/h5-9,31H,3-4,10H2,1-2H3,(H2,24,28)(H,25,34)(H,26,29,30). The Morgan fingerprint density at radius 3 is 2.83 bits per heavy atom. The number of nitrogens with two attached hydrogens (primary N) is 1. The van der Waals surface area contributed by atoms with Crippen LogP contribution in [0.3, 0.4) is 0 Å². The van der Waals surface area contributed by atoms with Crippen molar-refractivity contribution >= 4 is 45.2 Å². The molecule has 12 heteroatoms. The van der Waals surface area contributed by atoms with Crippen LogP contribution in [-0.2, 0) is 24.8 Å². The minimum atomic E-state index is -0.181. The molecule has 0 saturated carbocycles. The zero-order valence-electron chi connectivity index (χ0n) is 19.1. The van der Waals surface area contributed by atoms with Crippen LogP contribution < -0.4 is 21.9 Å². The van der Waals surface area contributed by atoms with Gasteiger partial charge in [-0.2, -0.15) is 5.10 Å². The molecule has 6 heterocycles. The van der Waals surface area contributed by atoms with Gasteiger partial charge in [0, 0.05) is 55.1 Å². The molecule has 5 N–H and O–H groups in total. The fourth-order valence-corrected chi connectivity index (χ4v) is 4.43. The largest absolute Gasteiger partial charge is 0.383 e. The summed E-state index contributed by atoms with van der Waals surface area (Å²) in [4.78, 5) is 37.4. The highest BCUT2D eigenvalue weighted by atomic mass is 16.2. The second-order valence-corrected chi connectivity index (χ2v) is 8.58. The molecule has 5 aromatic heterocycles. The molecule has 0 spiro atoms. The molecular formula is C23H22N10O2. The molecule has 0 bridgehead atoms. The number of H-pyrrole nitrogens is 1. The number of hydrogen-bond donors (Lipinski definition) is 4. The Morgan fingerprint density at radius 2 is 1.97 bits per heavy atom. The van der Waals surface area contributed by atoms with E-state index in [9.17, 15) is 9.59 Å². The van der Waals surface area contributed by atoms with Crippen molar-refractivity contribution in [2.75, 3.05) is 17.6 Å². The van der Waals surface area contributed by atoms with Gasteiger partial charge in [-0.1, -0.05) is 0 Å². The Hall–Kier alpha value is -4.74. The van der Waals surface area contributed by atoms with Crippen LogP contribution in [0.2, 0.25) is 0 Å². The van der Waals surface area contributed by atoms with Gasteiger partial charge in [-0.3, -0.25) is 24.1 Å². The van der Waals surface area contributed by atoms with Crippen LogP contribution in [0, 0.1) is 6.92 Å². The molecule has 0 fully saturated rings. The first kappa shape index (κ1) is 20.8. The molecule has 0 radical (unpaired) electrons. The van der Waals surface area contributed by atoms with Gasteiger partial charge in [-0.25, -0.2) is 15.0 Å². The maximum atomic E-state index is 12.2. The zero-order valence-corrected chi connectivity index (χ0v) is 19.1. The van der Waals surface area contributed by atoms with Gasteiger partial charge in [0.05, 0.1) is 11.2 Å². The molecule has 35 heavy (non-hydrogen) atoms. The van der Waals surface area contributed by atoms with Gasteiger partial charge in [-0.05, 0) is 30.0 Å². The van der Waals surface area contributed by atoms with Gasteiger partial charge in [0.2, 0.25) is 5.91 Å². The number of anilines is 3. The van der Waals surface area contributed by atoms with E-state index in [0.29, 0.717) is 47.1 Å². The summed E-state index contributed by atoms with van der Waals surface area (Å²) in [6.45, 7) is 2.70. The lowest BCUT2D eigenvalue weighted by atomic mass is 10.0. The summed E-state index contributed by atoms with van der Waals surface area (Å²) in [6, 6.07) is 5.71. The molecule has 0 atom stereocenters. The normalized spacial score (nSPS) is 13.6. The summed E-state index contributed by atoms with van der Waals surface area (Å²) in [5.74, 6) is 1.49. The molecule has 176 valence electrons. The number of nitrogens with zero attached hydrogens (tertiary/aromatic N) is 6. The van der Waals surface area contributed by atoms with Gasteiger partial charge in [0.1, 0.15) is 18.2 Å². The molecule has 0 saturated heterocycles. The van der Waals surface area contributed by atoms with Crippen LogP contribution in [0.1, 0.15) is 11.3 Å². The van der Waals surface area contributed by atoms with E-state index in [-0.39, 0.29) is 18.0 Å². The molecular weight excluding hydrogens is 448 g/mol. The van der Waals surface area contributed by atoms with Crippen LogP contribution in [0.25, 0.3) is 33.1 Å². The van der Waals surface area contributed by atoms with Gasteiger partial charge in [0.15, 0.2) is 11.3 Å². The molecule has 5 aromatic rings. The minimum Gasteiger partial charge on any atom is -0.383 e. The third-order valence-corrected chi connectivity index (χ3v) is 6.26. The van der Waals surface area contributed by atoms with E-state index in [1.54, 1.807) is 24.1 Å². The number of nitrogen functional groups attached to an aromatic ring is 1. The van der Waals surface area contributed by atoms with Crippen molar-refractivity contribution in [3.05, 3.63) is 52.2 Å². The number of amides is 1. The molecule has 0 aromatic carbocycles. The summed E-state index contributed by atoms with van der Waals surface area (Å²) in [6.07, 6.45) is 4.03. The number of fused-ring (bicyclic) bond motifs is 3. The van der Waals surface area contributed by atoms with Crippen molar-refractivity contribution in [2.45, 2.75) is 19.9 Å². The maximum Gasteiger partial charge on any atom is 0.292 e. The lowest BCUT2D eigenvalue weighted by molar-refractivity contribution is -0.121. The number of pyridine rings is 3. The molecule has 1 amide bonds. The SMILES string of the molecule is Cc1c(-c2cc3cc(Nc4cc5n(n4)CC(=O)NCC5)ncc3c(N)n2)cnc2c(=O)n(C)[nH]c12. The number of aromatic amines is 1. The van der Waals surface area contributed by atoms with Gasteiger partial charge < -0.3 is 16.4 Å². The predicted octanol–water partition coefficient (Wildman–Crippen LogP) is 1.37. The summed E-state index contributed by atoms with van der Waals surface area (Å²) < 4.78 is 3.10. The Morgan fingerprint density at radius 1 is 1.11 bits per heavy atom. The van der Waals surface area contributed by atoms with E-state index >= 15 is 0 Å². The highest BCUT2D eigenvalue weighted by Crippen LogP contribution is 2.31. The Labute approximate surface area is 198 Å². The average Bonchev–Trinajstić information content (AvgIpc) is 3.27. The minimum absolute atomic E-state index is 0.0553. The lowest BCUT2D eigenvalue weighted by Crippen LogP contribution is -2.25. The monoisotopic (exact) mass is 470 g/mol. The summed E-state index contributed by atoms with van der Waals surface area (Å²) >= 11 is 0. The average molecular weight is 470 g/mol. The number of aryl methyl sites for hydroxylation is 2. The van der Waals surface area contributed by atoms with E-state index in [4.69, 9.17) is 5.73 Å². The first-order valence-electron chi connectivity index (χ1n) is 11.1. The van der Waals surface area contributed by atoms with Crippen LogP contribution in [0.15, 0.2) is 35.4 Å². The highest BCUT2D eigenvalue weighted by molar-refractivity contribution is 5.95. The number of hydrogen-bond acceptors (Lipinski definition) is 8. The zero-order chi connectivity index (χ0) is 24.3. The van der Waals surface area contributed by atoms with E-state index < -0.39 is 0 Å². The maximum absolute atomic E-state index is 12.2. The molecule has 12 nitrogen and oxygen atoms in total. The number of aromatic nitrogens is 7. The summed E-state index contributed by atoms with van der Waals surface area (Å²) in [5, 5.41) is 15.2. The first-order valence-corrected chi connectivity index (χ1v) is 11.1. The lowest BCUT2D eigenvalue weighted by Gasteiger charge is -2.10. The summed E-state index contributed by atoms with van der Waals surface area (Å²) in [7, 11) is 1.66. The van der Waals surface area contributed by atoms with Crippen molar-refractivity contribution in [3.8, 4) is 11.3 Å². The first-order chi connectivity index (χ1) is 16.9. The predicted molar refractivity (Wildman–Crippen MR) is 131 cm³/mol. The van der Waals surface area contributed by atoms with Crippen molar-refractivity contribution in [1.29, 1.82) is 0 Å². The summed E-state index contributed by atoms with van der Waals surface area (Å²) in [5.41, 5.74) is 10.4. The number of nitrogens with one attached hydrogen (secondary N) is 3. The third kappa shape index (κ3) is 3.46. The number of carbonyl (C=O) groups excluding carboxylic acids is 1. The second-order valence-electron chi connectivity index (χ2n) is 8.58. The van der Waals surface area contributed by atoms with Crippen molar-refractivity contribution in [3.63, 3.8) is 0 Å². The van der Waals surface area contributed by atoms with Crippen LogP contribution in [-0.4, -0.2) is 47.0 Å². The Kier molecular flexibility index (Phi) is 4.56. The molecule has 1 aliphatic heterocycles. The fourth-order valence-electron chi connectivity index (χ4n) is 4.43. The quantitative estimate of drug-likeness (QED) is 0.307. The van der Waals surface area contributed by atoms with Gasteiger partial charge in [-0.15, -0.1) is 0 Å². The number of rotatable bonds is 3. The molecule has 6 rings (SSSR count). The molecule has 0 aliphatic carbocycles. The van der Waals surface area contributed by atoms with Gasteiger partial charge >= 0.3 is 0 Å². The molecule has 1 aliphatic rings.